The van der Waals surface area contributed by atoms with E-state index < -0.39 is 0 Å². The third-order valence-corrected chi connectivity index (χ3v) is 3.72. The summed E-state index contributed by atoms with van der Waals surface area (Å²) in [7, 11) is 0. The van der Waals surface area contributed by atoms with Crippen LogP contribution in [0.4, 0.5) is 5.69 Å². The third-order valence-electron chi connectivity index (χ3n) is 2.80. The first kappa shape index (κ1) is 11.9. The van der Waals surface area contributed by atoms with Crippen molar-refractivity contribution in [3.05, 3.63) is 35.3 Å². The normalized spacial score (nSPS) is 10.8. The van der Waals surface area contributed by atoms with E-state index in [1.807, 2.05) is 23.6 Å². The number of rotatable bonds is 3. The Hall–Kier alpha value is -2.21. The lowest BCUT2D eigenvalue weighted by Crippen LogP contribution is -1.92. The highest BCUT2D eigenvalue weighted by Crippen LogP contribution is 2.31. The average Bonchev–Trinajstić information content (AvgIpc) is 3.07. The fourth-order valence-corrected chi connectivity index (χ4v) is 2.57. The van der Waals surface area contributed by atoms with Crippen molar-refractivity contribution >= 4 is 17.0 Å². The predicted octanol–water partition coefficient (Wildman–Crippen LogP) is 3.00. The molecule has 0 saturated carbocycles. The first-order chi connectivity index (χ1) is 9.29. The van der Waals surface area contributed by atoms with Crippen LogP contribution in [0.25, 0.3) is 22.3 Å². The first-order valence-electron chi connectivity index (χ1n) is 5.91. The van der Waals surface area contributed by atoms with Crippen LogP contribution in [0.1, 0.15) is 12.5 Å². The number of anilines is 1. The minimum atomic E-state index is 0.440. The molecule has 0 amide bonds. The highest BCUT2D eigenvalue weighted by molar-refractivity contribution is 7.14. The van der Waals surface area contributed by atoms with E-state index in [4.69, 9.17) is 10.3 Å². The van der Waals surface area contributed by atoms with Crippen LogP contribution in [0.15, 0.2) is 34.3 Å². The Bertz CT molecular complexity index is 704. The largest absolute Gasteiger partial charge is 0.397 e. The Morgan fingerprint density at radius 3 is 3.00 bits per heavy atom. The van der Waals surface area contributed by atoms with E-state index in [0.29, 0.717) is 17.4 Å². The number of nitrogen functional groups attached to an aromatic ring is 1. The minimum absolute atomic E-state index is 0.440. The predicted molar refractivity (Wildman–Crippen MR) is 74.6 cm³/mol. The Morgan fingerprint density at radius 1 is 1.37 bits per heavy atom. The molecule has 0 radical (unpaired) electrons. The van der Waals surface area contributed by atoms with Gasteiger partial charge in [0.15, 0.2) is 0 Å². The fraction of sp³-hybridized carbons (Fsp3) is 0.154. The van der Waals surface area contributed by atoms with E-state index in [0.717, 1.165) is 22.6 Å². The van der Waals surface area contributed by atoms with E-state index in [-0.39, 0.29) is 0 Å². The maximum Gasteiger partial charge on any atom is 0.270 e. The van der Waals surface area contributed by atoms with Crippen molar-refractivity contribution < 1.29 is 4.52 Å². The third kappa shape index (κ3) is 2.10. The molecule has 3 rings (SSSR count). The second-order valence-electron chi connectivity index (χ2n) is 3.99. The van der Waals surface area contributed by atoms with Crippen LogP contribution in [-0.2, 0) is 6.42 Å². The summed E-state index contributed by atoms with van der Waals surface area (Å²) in [6, 6.07) is 5.74. The molecule has 19 heavy (non-hydrogen) atoms. The maximum absolute atomic E-state index is 5.84. The number of nitrogens with two attached hydrogens (primary N) is 1. The molecule has 0 unspecified atom stereocenters. The van der Waals surface area contributed by atoms with Gasteiger partial charge >= 0.3 is 0 Å². The van der Waals surface area contributed by atoms with Gasteiger partial charge in [0, 0.05) is 6.20 Å². The number of hydrogen-bond acceptors (Lipinski definition) is 6. The fourth-order valence-electron chi connectivity index (χ4n) is 1.83. The number of thiophene rings is 1. The van der Waals surface area contributed by atoms with Crippen LogP contribution in [-0.4, -0.2) is 15.1 Å². The van der Waals surface area contributed by atoms with Crippen molar-refractivity contribution in [2.45, 2.75) is 13.3 Å². The summed E-state index contributed by atoms with van der Waals surface area (Å²) >= 11 is 1.48. The summed E-state index contributed by atoms with van der Waals surface area (Å²) in [5.41, 5.74) is 8.34. The molecule has 0 bridgehead atoms. The molecule has 0 fully saturated rings. The average molecular weight is 272 g/mol. The van der Waals surface area contributed by atoms with E-state index in [2.05, 4.69) is 22.0 Å². The molecule has 0 spiro atoms. The van der Waals surface area contributed by atoms with Gasteiger partial charge in [0.25, 0.3) is 5.89 Å². The molecule has 2 N–H and O–H groups in total. The topological polar surface area (TPSA) is 77.8 Å². The zero-order valence-corrected chi connectivity index (χ0v) is 11.1. The lowest BCUT2D eigenvalue weighted by atomic mass is 10.1. The van der Waals surface area contributed by atoms with Gasteiger partial charge in [0.05, 0.1) is 5.69 Å². The quantitative estimate of drug-likeness (QED) is 0.793. The number of aryl methyl sites for hydroxylation is 1. The summed E-state index contributed by atoms with van der Waals surface area (Å²) in [5.74, 6) is 0.940. The van der Waals surface area contributed by atoms with Crippen LogP contribution in [0.2, 0.25) is 0 Å². The summed E-state index contributed by atoms with van der Waals surface area (Å²) in [6.45, 7) is 2.07. The SMILES string of the molecule is CCc1cccnc1-c1noc(-c2sccc2N)n1. The molecule has 3 aromatic heterocycles. The molecule has 5 nitrogen and oxygen atoms in total. The highest BCUT2D eigenvalue weighted by atomic mass is 32.1. The van der Waals surface area contributed by atoms with Crippen LogP contribution >= 0.6 is 11.3 Å². The standard InChI is InChI=1S/C13H12N4OS/c1-2-8-4-3-6-15-10(8)12-16-13(18-17-12)11-9(14)5-7-19-11/h3-7H,2,14H2,1H3. The Kier molecular flexibility index (Phi) is 3.00. The van der Waals surface area contributed by atoms with Gasteiger partial charge in [-0.25, -0.2) is 0 Å². The molecule has 0 saturated heterocycles. The number of aromatic nitrogens is 3. The Labute approximate surface area is 114 Å². The van der Waals surface area contributed by atoms with Gasteiger partial charge in [-0.1, -0.05) is 18.1 Å². The number of pyridine rings is 1. The van der Waals surface area contributed by atoms with E-state index in [1.54, 1.807) is 6.20 Å². The zero-order valence-electron chi connectivity index (χ0n) is 10.3. The van der Waals surface area contributed by atoms with Gasteiger partial charge in [-0.3, -0.25) is 4.98 Å². The summed E-state index contributed by atoms with van der Waals surface area (Å²) in [5, 5.41) is 5.89. The first-order valence-corrected chi connectivity index (χ1v) is 6.79. The van der Waals surface area contributed by atoms with Gasteiger partial charge < -0.3 is 10.3 Å². The second kappa shape index (κ2) is 4.81. The Morgan fingerprint density at radius 2 is 2.26 bits per heavy atom. The molecule has 6 heteroatoms. The zero-order chi connectivity index (χ0) is 13.2. The molecule has 96 valence electrons. The molecule has 0 atom stereocenters. The molecular weight excluding hydrogens is 260 g/mol. The van der Waals surface area contributed by atoms with Gasteiger partial charge in [-0.05, 0) is 29.5 Å². The van der Waals surface area contributed by atoms with Gasteiger partial charge in [-0.2, -0.15) is 4.98 Å². The van der Waals surface area contributed by atoms with Crippen LogP contribution in [0.5, 0.6) is 0 Å². The molecule has 3 aromatic rings. The van der Waals surface area contributed by atoms with Crippen LogP contribution in [0.3, 0.4) is 0 Å². The Balaban J connectivity index is 2.04. The molecule has 3 heterocycles. The van der Waals surface area contributed by atoms with Crippen LogP contribution in [0, 0.1) is 0 Å². The van der Waals surface area contributed by atoms with Crippen molar-refractivity contribution in [2.24, 2.45) is 0 Å². The summed E-state index contributed by atoms with van der Waals surface area (Å²) in [6.07, 6.45) is 2.60. The number of hydrogen-bond donors (Lipinski definition) is 1. The van der Waals surface area contributed by atoms with Crippen LogP contribution < -0.4 is 5.73 Å². The molecule has 0 aliphatic heterocycles. The van der Waals surface area contributed by atoms with E-state index >= 15 is 0 Å². The molecule has 0 aromatic carbocycles. The van der Waals surface area contributed by atoms with Crippen molar-refractivity contribution in [1.82, 2.24) is 15.1 Å². The van der Waals surface area contributed by atoms with Crippen molar-refractivity contribution in [3.63, 3.8) is 0 Å². The smallest absolute Gasteiger partial charge is 0.270 e. The lowest BCUT2D eigenvalue weighted by Gasteiger charge is -2.00. The number of nitrogens with zero attached hydrogens (tertiary/aromatic N) is 3. The van der Waals surface area contributed by atoms with E-state index in [9.17, 15) is 0 Å². The monoisotopic (exact) mass is 272 g/mol. The van der Waals surface area contributed by atoms with Gasteiger partial charge in [0.2, 0.25) is 5.82 Å². The molecular formula is C13H12N4OS. The van der Waals surface area contributed by atoms with Crippen molar-refractivity contribution in [2.75, 3.05) is 5.73 Å². The summed E-state index contributed by atoms with van der Waals surface area (Å²) < 4.78 is 5.27. The highest BCUT2D eigenvalue weighted by Gasteiger charge is 2.16. The van der Waals surface area contributed by atoms with Gasteiger partial charge in [0.1, 0.15) is 10.6 Å². The summed E-state index contributed by atoms with van der Waals surface area (Å²) in [4.78, 5) is 9.51. The minimum Gasteiger partial charge on any atom is -0.397 e. The second-order valence-corrected chi connectivity index (χ2v) is 4.91. The van der Waals surface area contributed by atoms with Crippen molar-refractivity contribution in [3.8, 4) is 22.3 Å². The van der Waals surface area contributed by atoms with E-state index in [1.165, 1.54) is 11.3 Å². The lowest BCUT2D eigenvalue weighted by molar-refractivity contribution is 0.433. The molecule has 0 aliphatic carbocycles. The maximum atomic E-state index is 5.84. The van der Waals surface area contributed by atoms with Crippen molar-refractivity contribution in [1.29, 1.82) is 0 Å². The van der Waals surface area contributed by atoms with Gasteiger partial charge in [-0.15, -0.1) is 11.3 Å². The molecule has 0 aliphatic rings.